The Labute approximate surface area is 188 Å². The molecule has 0 bridgehead atoms. The van der Waals surface area contributed by atoms with Gasteiger partial charge in [-0.3, -0.25) is 9.80 Å². The van der Waals surface area contributed by atoms with Gasteiger partial charge in [0.2, 0.25) is 5.88 Å². The molecular formula is C27H39N3O. The average molecular weight is 422 g/mol. The minimum Gasteiger partial charge on any atom is -0.481 e. The molecule has 1 atom stereocenters. The molecule has 1 unspecified atom stereocenters. The predicted octanol–water partition coefficient (Wildman–Crippen LogP) is 5.75. The van der Waals surface area contributed by atoms with Crippen LogP contribution in [0.15, 0.2) is 36.4 Å². The molecular weight excluding hydrogens is 382 g/mol. The Balaban J connectivity index is 1.58. The third-order valence-electron chi connectivity index (χ3n) is 6.85. The number of ether oxygens (including phenoxy) is 1. The maximum atomic E-state index is 5.63. The molecule has 1 aliphatic carbocycles. The van der Waals surface area contributed by atoms with Gasteiger partial charge in [0, 0.05) is 43.3 Å². The molecule has 0 amide bonds. The standard InChI is InChI=1S/C27H39N3O/c1-19(2)22-9-7-8-10-24(22)25-18-29(15-16-30(25)27(3,4)5)17-21-13-14-23(20-11-12-20)26(28-21)31-6/h7-10,13-14,19-20,25H,11-12,15-18H2,1-6H3. The number of nitrogens with zero attached hydrogens (tertiary/aromatic N) is 3. The number of pyridine rings is 1. The Hall–Kier alpha value is -1.91. The van der Waals surface area contributed by atoms with Gasteiger partial charge in [-0.1, -0.05) is 44.2 Å². The molecule has 1 saturated carbocycles. The normalized spacial score (nSPS) is 20.9. The van der Waals surface area contributed by atoms with E-state index in [4.69, 9.17) is 9.72 Å². The van der Waals surface area contributed by atoms with E-state index < -0.39 is 0 Å². The zero-order chi connectivity index (χ0) is 22.2. The summed E-state index contributed by atoms with van der Waals surface area (Å²) < 4.78 is 5.63. The summed E-state index contributed by atoms with van der Waals surface area (Å²) in [5, 5.41) is 0. The van der Waals surface area contributed by atoms with E-state index in [1.165, 1.54) is 29.5 Å². The second-order valence-electron chi connectivity index (χ2n) is 10.6. The van der Waals surface area contributed by atoms with Crippen LogP contribution in [0.5, 0.6) is 5.88 Å². The molecule has 31 heavy (non-hydrogen) atoms. The number of aromatic nitrogens is 1. The SMILES string of the molecule is COc1nc(CN2CCN(C(C)(C)C)C(c3ccccc3C(C)C)C2)ccc1C1CC1. The van der Waals surface area contributed by atoms with Crippen molar-refractivity contribution >= 4 is 0 Å². The van der Waals surface area contributed by atoms with E-state index in [9.17, 15) is 0 Å². The highest BCUT2D eigenvalue weighted by Gasteiger charge is 2.36. The van der Waals surface area contributed by atoms with Crippen molar-refractivity contribution in [2.75, 3.05) is 26.7 Å². The zero-order valence-electron chi connectivity index (χ0n) is 20.2. The molecule has 2 aromatic rings. The lowest BCUT2D eigenvalue weighted by Crippen LogP contribution is -2.55. The molecule has 0 radical (unpaired) electrons. The highest BCUT2D eigenvalue weighted by atomic mass is 16.5. The lowest BCUT2D eigenvalue weighted by atomic mass is 9.88. The maximum absolute atomic E-state index is 5.63. The molecule has 2 aliphatic rings. The van der Waals surface area contributed by atoms with Crippen LogP contribution < -0.4 is 4.74 Å². The van der Waals surface area contributed by atoms with Gasteiger partial charge in [0.15, 0.2) is 0 Å². The van der Waals surface area contributed by atoms with Crippen LogP contribution >= 0.6 is 0 Å². The van der Waals surface area contributed by atoms with Crippen molar-refractivity contribution < 1.29 is 4.74 Å². The van der Waals surface area contributed by atoms with Crippen molar-refractivity contribution in [3.05, 3.63) is 58.8 Å². The van der Waals surface area contributed by atoms with E-state index >= 15 is 0 Å². The quantitative estimate of drug-likeness (QED) is 0.594. The summed E-state index contributed by atoms with van der Waals surface area (Å²) in [4.78, 5) is 10.1. The van der Waals surface area contributed by atoms with Gasteiger partial charge in [-0.2, -0.15) is 0 Å². The summed E-state index contributed by atoms with van der Waals surface area (Å²) >= 11 is 0. The minimum atomic E-state index is 0.133. The van der Waals surface area contributed by atoms with Crippen molar-refractivity contribution in [1.82, 2.24) is 14.8 Å². The third-order valence-corrected chi connectivity index (χ3v) is 6.85. The van der Waals surface area contributed by atoms with Gasteiger partial charge in [0.25, 0.3) is 0 Å². The van der Waals surface area contributed by atoms with Crippen molar-refractivity contribution in [3.63, 3.8) is 0 Å². The summed E-state index contributed by atoms with van der Waals surface area (Å²) in [5.74, 6) is 2.01. The molecule has 2 heterocycles. The molecule has 0 N–H and O–H groups in total. The lowest BCUT2D eigenvalue weighted by Gasteiger charge is -2.48. The molecule has 4 rings (SSSR count). The first-order chi connectivity index (χ1) is 14.8. The van der Waals surface area contributed by atoms with Gasteiger partial charge in [-0.15, -0.1) is 0 Å². The fraction of sp³-hybridized carbons (Fsp3) is 0.593. The van der Waals surface area contributed by atoms with E-state index in [0.29, 0.717) is 17.9 Å². The van der Waals surface area contributed by atoms with Gasteiger partial charge in [-0.25, -0.2) is 4.98 Å². The largest absolute Gasteiger partial charge is 0.481 e. The van der Waals surface area contributed by atoms with Gasteiger partial charge in [0.1, 0.15) is 0 Å². The van der Waals surface area contributed by atoms with Crippen LogP contribution in [0.3, 0.4) is 0 Å². The fourth-order valence-corrected chi connectivity index (χ4v) is 5.07. The number of benzene rings is 1. The Kier molecular flexibility index (Phi) is 6.41. The van der Waals surface area contributed by atoms with Crippen molar-refractivity contribution in [3.8, 4) is 5.88 Å². The fourth-order valence-electron chi connectivity index (χ4n) is 5.07. The first kappa shape index (κ1) is 22.3. The average Bonchev–Trinajstić information content (AvgIpc) is 3.58. The van der Waals surface area contributed by atoms with Crippen LogP contribution in [0, 0.1) is 0 Å². The monoisotopic (exact) mass is 421 g/mol. The molecule has 1 aromatic carbocycles. The number of hydrogen-bond acceptors (Lipinski definition) is 4. The molecule has 4 heteroatoms. The summed E-state index contributed by atoms with van der Waals surface area (Å²) in [6.07, 6.45) is 2.53. The van der Waals surface area contributed by atoms with Crippen LogP contribution in [-0.4, -0.2) is 47.1 Å². The molecule has 1 aromatic heterocycles. The molecule has 2 fully saturated rings. The summed E-state index contributed by atoms with van der Waals surface area (Å²) in [6, 6.07) is 13.9. The first-order valence-electron chi connectivity index (χ1n) is 11.9. The van der Waals surface area contributed by atoms with Crippen molar-refractivity contribution in [2.24, 2.45) is 0 Å². The van der Waals surface area contributed by atoms with Gasteiger partial charge < -0.3 is 4.74 Å². The van der Waals surface area contributed by atoms with Crippen LogP contribution in [0.25, 0.3) is 0 Å². The van der Waals surface area contributed by atoms with Crippen molar-refractivity contribution in [1.29, 1.82) is 0 Å². The molecule has 1 saturated heterocycles. The van der Waals surface area contributed by atoms with Crippen LogP contribution in [0.2, 0.25) is 0 Å². The first-order valence-corrected chi connectivity index (χ1v) is 11.9. The second-order valence-corrected chi connectivity index (χ2v) is 10.6. The lowest BCUT2D eigenvalue weighted by molar-refractivity contribution is 0.00512. The molecule has 4 nitrogen and oxygen atoms in total. The Morgan fingerprint density at radius 1 is 1.03 bits per heavy atom. The second kappa shape index (κ2) is 8.91. The van der Waals surface area contributed by atoms with Crippen molar-refractivity contribution in [2.45, 2.75) is 77.4 Å². The number of rotatable bonds is 6. The van der Waals surface area contributed by atoms with Gasteiger partial charge >= 0.3 is 0 Å². The van der Waals surface area contributed by atoms with Crippen LogP contribution in [-0.2, 0) is 6.54 Å². The number of piperazine rings is 1. The van der Waals surface area contributed by atoms with E-state index in [2.05, 4.69) is 80.8 Å². The molecule has 168 valence electrons. The van der Waals surface area contributed by atoms with E-state index in [1.807, 2.05) is 0 Å². The van der Waals surface area contributed by atoms with Gasteiger partial charge in [-0.05, 0) is 62.6 Å². The van der Waals surface area contributed by atoms with Crippen LogP contribution in [0.4, 0.5) is 0 Å². The number of hydrogen-bond donors (Lipinski definition) is 0. The Morgan fingerprint density at radius 3 is 2.42 bits per heavy atom. The molecule has 1 aliphatic heterocycles. The Bertz CT molecular complexity index is 898. The summed E-state index contributed by atoms with van der Waals surface area (Å²) in [6.45, 7) is 15.7. The zero-order valence-corrected chi connectivity index (χ0v) is 20.2. The van der Waals surface area contributed by atoms with Crippen LogP contribution in [0.1, 0.15) is 87.7 Å². The number of methoxy groups -OCH3 is 1. The minimum absolute atomic E-state index is 0.133. The van der Waals surface area contributed by atoms with Gasteiger partial charge in [0.05, 0.1) is 12.8 Å². The highest BCUT2D eigenvalue weighted by molar-refractivity contribution is 5.35. The van der Waals surface area contributed by atoms with E-state index in [0.717, 1.165) is 37.8 Å². The predicted molar refractivity (Wildman–Crippen MR) is 128 cm³/mol. The summed E-state index contributed by atoms with van der Waals surface area (Å²) in [5.41, 5.74) is 5.48. The topological polar surface area (TPSA) is 28.6 Å². The Morgan fingerprint density at radius 2 is 1.77 bits per heavy atom. The third kappa shape index (κ3) is 4.96. The van der Waals surface area contributed by atoms with E-state index in [-0.39, 0.29) is 5.54 Å². The summed E-state index contributed by atoms with van der Waals surface area (Å²) in [7, 11) is 1.75. The smallest absolute Gasteiger partial charge is 0.216 e. The highest BCUT2D eigenvalue weighted by Crippen LogP contribution is 2.43. The molecule has 0 spiro atoms. The van der Waals surface area contributed by atoms with E-state index in [1.54, 1.807) is 7.11 Å². The maximum Gasteiger partial charge on any atom is 0.216 e.